The SMILES string of the molecule is COc1ccc(CN(CC(=O)N(C)CCc2ccncc2)C(C)=O)cc1. The van der Waals surface area contributed by atoms with Crippen molar-refractivity contribution >= 4 is 11.8 Å². The summed E-state index contributed by atoms with van der Waals surface area (Å²) < 4.78 is 5.14. The fourth-order valence-electron chi connectivity index (χ4n) is 2.48. The molecule has 2 rings (SSSR count). The number of pyridine rings is 1. The van der Waals surface area contributed by atoms with Crippen molar-refractivity contribution in [2.24, 2.45) is 0 Å². The molecule has 6 nitrogen and oxygen atoms in total. The summed E-state index contributed by atoms with van der Waals surface area (Å²) in [6, 6.07) is 11.3. The number of benzene rings is 1. The van der Waals surface area contributed by atoms with Crippen LogP contribution in [0, 0.1) is 0 Å². The van der Waals surface area contributed by atoms with Crippen LogP contribution in [0.5, 0.6) is 5.75 Å². The highest BCUT2D eigenvalue weighted by Gasteiger charge is 2.17. The highest BCUT2D eigenvalue weighted by molar-refractivity contribution is 5.83. The Hall–Kier alpha value is -2.89. The lowest BCUT2D eigenvalue weighted by Gasteiger charge is -2.24. The molecule has 0 aliphatic heterocycles. The predicted molar refractivity (Wildman–Crippen MR) is 99.7 cm³/mol. The summed E-state index contributed by atoms with van der Waals surface area (Å²) >= 11 is 0. The molecule has 2 aromatic rings. The Bertz CT molecular complexity index is 717. The maximum absolute atomic E-state index is 12.5. The molecule has 0 fully saturated rings. The van der Waals surface area contributed by atoms with Gasteiger partial charge in [-0.25, -0.2) is 0 Å². The third-order valence-corrected chi connectivity index (χ3v) is 4.21. The van der Waals surface area contributed by atoms with Crippen LogP contribution in [0.25, 0.3) is 0 Å². The topological polar surface area (TPSA) is 62.7 Å². The molecule has 0 radical (unpaired) electrons. The number of methoxy groups -OCH3 is 1. The summed E-state index contributed by atoms with van der Waals surface area (Å²) in [6.45, 7) is 2.53. The summed E-state index contributed by atoms with van der Waals surface area (Å²) in [6.07, 6.45) is 4.23. The van der Waals surface area contributed by atoms with Crippen LogP contribution >= 0.6 is 0 Å². The molecule has 0 unspecified atom stereocenters. The molecule has 0 N–H and O–H groups in total. The number of hydrogen-bond acceptors (Lipinski definition) is 4. The first-order chi connectivity index (χ1) is 12.5. The molecule has 0 bridgehead atoms. The molecule has 26 heavy (non-hydrogen) atoms. The van der Waals surface area contributed by atoms with E-state index in [0.717, 1.165) is 23.3 Å². The highest BCUT2D eigenvalue weighted by atomic mass is 16.5. The van der Waals surface area contributed by atoms with Crippen LogP contribution in [0.3, 0.4) is 0 Å². The van der Waals surface area contributed by atoms with Crippen molar-refractivity contribution in [3.8, 4) is 5.75 Å². The van der Waals surface area contributed by atoms with E-state index in [1.807, 2.05) is 36.4 Å². The van der Waals surface area contributed by atoms with Gasteiger partial charge in [-0.15, -0.1) is 0 Å². The molecule has 0 saturated heterocycles. The summed E-state index contributed by atoms with van der Waals surface area (Å²) in [5.41, 5.74) is 2.08. The van der Waals surface area contributed by atoms with Crippen molar-refractivity contribution in [3.63, 3.8) is 0 Å². The minimum atomic E-state index is -0.128. The van der Waals surface area contributed by atoms with Crippen LogP contribution in [0.4, 0.5) is 0 Å². The number of carbonyl (C=O) groups is 2. The summed E-state index contributed by atoms with van der Waals surface area (Å²) in [5, 5.41) is 0. The number of amides is 2. The lowest BCUT2D eigenvalue weighted by molar-refractivity contribution is -0.139. The predicted octanol–water partition coefficient (Wildman–Crippen LogP) is 2.14. The van der Waals surface area contributed by atoms with E-state index >= 15 is 0 Å². The summed E-state index contributed by atoms with van der Waals surface area (Å²) in [4.78, 5) is 31.6. The van der Waals surface area contributed by atoms with Gasteiger partial charge in [0.2, 0.25) is 11.8 Å². The first kappa shape index (κ1) is 19.4. The quantitative estimate of drug-likeness (QED) is 0.728. The second-order valence-electron chi connectivity index (χ2n) is 6.14. The average Bonchev–Trinajstić information content (AvgIpc) is 2.66. The first-order valence-electron chi connectivity index (χ1n) is 8.51. The molecule has 2 amide bonds. The van der Waals surface area contributed by atoms with E-state index in [-0.39, 0.29) is 18.4 Å². The van der Waals surface area contributed by atoms with E-state index in [4.69, 9.17) is 4.74 Å². The van der Waals surface area contributed by atoms with Gasteiger partial charge in [0.25, 0.3) is 0 Å². The van der Waals surface area contributed by atoms with E-state index in [0.29, 0.717) is 13.1 Å². The lowest BCUT2D eigenvalue weighted by atomic mass is 10.2. The van der Waals surface area contributed by atoms with Crippen molar-refractivity contribution in [1.82, 2.24) is 14.8 Å². The average molecular weight is 355 g/mol. The monoisotopic (exact) mass is 355 g/mol. The Labute approximate surface area is 154 Å². The van der Waals surface area contributed by atoms with Gasteiger partial charge >= 0.3 is 0 Å². The smallest absolute Gasteiger partial charge is 0.241 e. The van der Waals surface area contributed by atoms with E-state index in [2.05, 4.69) is 4.98 Å². The molecular weight excluding hydrogens is 330 g/mol. The van der Waals surface area contributed by atoms with Crippen molar-refractivity contribution in [3.05, 3.63) is 59.9 Å². The van der Waals surface area contributed by atoms with Crippen molar-refractivity contribution in [2.45, 2.75) is 19.9 Å². The maximum Gasteiger partial charge on any atom is 0.241 e. The van der Waals surface area contributed by atoms with Gasteiger partial charge in [0.1, 0.15) is 12.3 Å². The van der Waals surface area contributed by atoms with Gasteiger partial charge in [0, 0.05) is 39.5 Å². The normalized spacial score (nSPS) is 10.3. The van der Waals surface area contributed by atoms with Gasteiger partial charge < -0.3 is 14.5 Å². The Morgan fingerprint density at radius 3 is 2.27 bits per heavy atom. The van der Waals surface area contributed by atoms with Gasteiger partial charge in [-0.05, 0) is 41.8 Å². The molecule has 1 heterocycles. The number of nitrogens with zero attached hydrogens (tertiary/aromatic N) is 3. The third-order valence-electron chi connectivity index (χ3n) is 4.21. The molecule has 0 aliphatic rings. The minimum Gasteiger partial charge on any atom is -0.497 e. The number of rotatable bonds is 8. The van der Waals surface area contributed by atoms with E-state index in [1.165, 1.54) is 6.92 Å². The lowest BCUT2D eigenvalue weighted by Crippen LogP contribution is -2.40. The number of hydrogen-bond donors (Lipinski definition) is 0. The molecule has 0 atom stereocenters. The van der Waals surface area contributed by atoms with Gasteiger partial charge in [0.15, 0.2) is 0 Å². The van der Waals surface area contributed by atoms with Crippen molar-refractivity contribution in [1.29, 1.82) is 0 Å². The Morgan fingerprint density at radius 1 is 1.04 bits per heavy atom. The zero-order chi connectivity index (χ0) is 18.9. The number of ether oxygens (including phenoxy) is 1. The van der Waals surface area contributed by atoms with Crippen LogP contribution in [-0.4, -0.2) is 53.8 Å². The van der Waals surface area contributed by atoms with Crippen molar-refractivity contribution in [2.75, 3.05) is 27.2 Å². The van der Waals surface area contributed by atoms with E-state index in [9.17, 15) is 9.59 Å². The molecule has 138 valence electrons. The molecule has 1 aromatic carbocycles. The molecule has 0 aliphatic carbocycles. The number of carbonyl (C=O) groups excluding carboxylic acids is 2. The van der Waals surface area contributed by atoms with Crippen LogP contribution in [0.2, 0.25) is 0 Å². The fourth-order valence-corrected chi connectivity index (χ4v) is 2.48. The van der Waals surface area contributed by atoms with Crippen LogP contribution in [0.1, 0.15) is 18.1 Å². The second kappa shape index (κ2) is 9.56. The highest BCUT2D eigenvalue weighted by Crippen LogP contribution is 2.13. The van der Waals surface area contributed by atoms with Crippen LogP contribution in [0.15, 0.2) is 48.8 Å². The van der Waals surface area contributed by atoms with Gasteiger partial charge in [-0.1, -0.05) is 12.1 Å². The van der Waals surface area contributed by atoms with Crippen LogP contribution < -0.4 is 4.74 Å². The first-order valence-corrected chi connectivity index (χ1v) is 8.51. The zero-order valence-electron chi connectivity index (χ0n) is 15.5. The van der Waals surface area contributed by atoms with E-state index in [1.54, 1.807) is 36.4 Å². The largest absolute Gasteiger partial charge is 0.497 e. The molecule has 0 spiro atoms. The third kappa shape index (κ3) is 5.88. The molecule has 6 heteroatoms. The van der Waals surface area contributed by atoms with Gasteiger partial charge in [-0.2, -0.15) is 0 Å². The Morgan fingerprint density at radius 2 is 1.69 bits per heavy atom. The summed E-state index contributed by atoms with van der Waals surface area (Å²) in [7, 11) is 3.37. The van der Waals surface area contributed by atoms with Gasteiger partial charge in [-0.3, -0.25) is 14.6 Å². The Balaban J connectivity index is 1.90. The van der Waals surface area contributed by atoms with Gasteiger partial charge in [0.05, 0.1) is 7.11 Å². The minimum absolute atomic E-state index is 0.0637. The molecule has 0 saturated carbocycles. The van der Waals surface area contributed by atoms with Crippen molar-refractivity contribution < 1.29 is 14.3 Å². The number of aromatic nitrogens is 1. The number of likely N-dealkylation sites (N-methyl/N-ethyl adjacent to an activating group) is 1. The molecule has 1 aromatic heterocycles. The summed E-state index contributed by atoms with van der Waals surface area (Å²) in [5.74, 6) is 0.550. The fraction of sp³-hybridized carbons (Fsp3) is 0.350. The van der Waals surface area contributed by atoms with Crippen LogP contribution in [-0.2, 0) is 22.6 Å². The Kier molecular flexibility index (Phi) is 7.14. The zero-order valence-corrected chi connectivity index (χ0v) is 15.5. The molecular formula is C20H25N3O3. The second-order valence-corrected chi connectivity index (χ2v) is 6.14. The van der Waals surface area contributed by atoms with E-state index < -0.39 is 0 Å². The standard InChI is InChI=1S/C20H25N3O3/c1-16(24)23(14-18-4-6-19(26-3)7-5-18)15-20(25)22(2)13-10-17-8-11-21-12-9-17/h4-9,11-12H,10,13-15H2,1-3H3. The maximum atomic E-state index is 12.5.